The van der Waals surface area contributed by atoms with Crippen molar-refractivity contribution in [3.8, 4) is 0 Å². The Morgan fingerprint density at radius 1 is 1.27 bits per heavy atom. The number of aromatic nitrogens is 2. The first-order chi connectivity index (χ1) is 14.1. The summed E-state index contributed by atoms with van der Waals surface area (Å²) in [5, 5.41) is 7.82. The van der Waals surface area contributed by atoms with Crippen molar-refractivity contribution in [3.63, 3.8) is 0 Å². The standard InChI is InChI=1S/C22H40N6O.HI/c1-5-23-22(24-15-21(26(2)3)19-14-25-27(4)16-19)28-12-10-20(11-13-28)29-17-18-8-6-7-9-18;/h14,16,18,20-21H,5-13,15,17H2,1-4H3,(H,23,24);1H. The second kappa shape index (κ2) is 12.9. The fourth-order valence-corrected chi connectivity index (χ4v) is 4.46. The predicted octanol–water partition coefficient (Wildman–Crippen LogP) is 3.28. The Kier molecular flexibility index (Phi) is 10.9. The van der Waals surface area contributed by atoms with Crippen LogP contribution in [0.3, 0.4) is 0 Å². The molecule has 2 aliphatic rings. The molecular formula is C22H41IN6O. The van der Waals surface area contributed by atoms with Gasteiger partial charge in [0.15, 0.2) is 5.96 Å². The molecule has 0 aromatic carbocycles. The molecule has 1 unspecified atom stereocenters. The van der Waals surface area contributed by atoms with E-state index in [1.54, 1.807) is 0 Å². The van der Waals surface area contributed by atoms with E-state index in [9.17, 15) is 0 Å². The van der Waals surface area contributed by atoms with Gasteiger partial charge in [-0.25, -0.2) is 0 Å². The zero-order valence-corrected chi connectivity index (χ0v) is 21.5. The number of likely N-dealkylation sites (tertiary alicyclic amines) is 1. The Labute approximate surface area is 199 Å². The van der Waals surface area contributed by atoms with E-state index in [-0.39, 0.29) is 30.0 Å². The van der Waals surface area contributed by atoms with Crippen LogP contribution in [0.4, 0.5) is 0 Å². The van der Waals surface area contributed by atoms with Gasteiger partial charge in [0, 0.05) is 45.0 Å². The van der Waals surface area contributed by atoms with E-state index in [2.05, 4.69) is 47.4 Å². The maximum Gasteiger partial charge on any atom is 0.193 e. The van der Waals surface area contributed by atoms with Gasteiger partial charge in [0.1, 0.15) is 0 Å². The quantitative estimate of drug-likeness (QED) is 0.317. The number of aliphatic imine (C=N–C) groups is 1. The second-order valence-electron chi connectivity index (χ2n) is 8.79. The second-order valence-corrected chi connectivity index (χ2v) is 8.79. The Bertz CT molecular complexity index is 635. The molecule has 172 valence electrons. The molecule has 1 aromatic rings. The molecule has 1 aliphatic carbocycles. The van der Waals surface area contributed by atoms with Crippen LogP contribution in [0.15, 0.2) is 17.4 Å². The van der Waals surface area contributed by atoms with Gasteiger partial charge in [-0.15, -0.1) is 24.0 Å². The van der Waals surface area contributed by atoms with Crippen LogP contribution in [-0.2, 0) is 11.8 Å². The number of nitrogens with one attached hydrogen (secondary N) is 1. The average molecular weight is 533 g/mol. The molecule has 8 heteroatoms. The van der Waals surface area contributed by atoms with E-state index < -0.39 is 0 Å². The van der Waals surface area contributed by atoms with Crippen LogP contribution in [0.25, 0.3) is 0 Å². The van der Waals surface area contributed by atoms with Crippen molar-refractivity contribution in [2.45, 2.75) is 57.6 Å². The molecule has 7 nitrogen and oxygen atoms in total. The summed E-state index contributed by atoms with van der Waals surface area (Å²) in [6.45, 7) is 6.74. The number of guanidine groups is 1. The SMILES string of the molecule is CCNC(=NCC(c1cnn(C)c1)N(C)C)N1CCC(OCC2CCCC2)CC1.I. The highest BCUT2D eigenvalue weighted by molar-refractivity contribution is 14.0. The van der Waals surface area contributed by atoms with E-state index in [1.807, 2.05) is 17.9 Å². The summed E-state index contributed by atoms with van der Waals surface area (Å²) >= 11 is 0. The molecule has 0 amide bonds. The molecule has 30 heavy (non-hydrogen) atoms. The topological polar surface area (TPSA) is 57.9 Å². The zero-order valence-electron chi connectivity index (χ0n) is 19.2. The maximum atomic E-state index is 6.24. The molecule has 0 spiro atoms. The molecule has 3 rings (SSSR count). The zero-order chi connectivity index (χ0) is 20.6. The lowest BCUT2D eigenvalue weighted by molar-refractivity contribution is 0.00100. The average Bonchev–Trinajstić information content (AvgIpc) is 3.38. The summed E-state index contributed by atoms with van der Waals surface area (Å²) in [6.07, 6.45) is 12.1. The van der Waals surface area contributed by atoms with Gasteiger partial charge in [-0.3, -0.25) is 9.67 Å². The van der Waals surface area contributed by atoms with Gasteiger partial charge >= 0.3 is 0 Å². The highest BCUT2D eigenvalue weighted by Crippen LogP contribution is 2.26. The van der Waals surface area contributed by atoms with Crippen molar-refractivity contribution < 1.29 is 4.74 Å². The minimum Gasteiger partial charge on any atom is -0.378 e. The number of hydrogen-bond acceptors (Lipinski definition) is 4. The largest absolute Gasteiger partial charge is 0.378 e. The van der Waals surface area contributed by atoms with Gasteiger partial charge < -0.3 is 19.9 Å². The molecule has 0 radical (unpaired) electrons. The Morgan fingerprint density at radius 2 is 1.97 bits per heavy atom. The first kappa shape index (κ1) is 25.4. The monoisotopic (exact) mass is 532 g/mol. The van der Waals surface area contributed by atoms with Crippen molar-refractivity contribution in [1.82, 2.24) is 24.9 Å². The lowest BCUT2D eigenvalue weighted by Crippen LogP contribution is -2.47. The number of rotatable bonds is 8. The van der Waals surface area contributed by atoms with Gasteiger partial charge in [0.25, 0.3) is 0 Å². The van der Waals surface area contributed by atoms with Gasteiger partial charge in [-0.1, -0.05) is 12.8 Å². The summed E-state index contributed by atoms with van der Waals surface area (Å²) in [4.78, 5) is 9.60. The molecule has 2 heterocycles. The van der Waals surface area contributed by atoms with Gasteiger partial charge in [0.2, 0.25) is 0 Å². The van der Waals surface area contributed by atoms with Crippen LogP contribution in [0.5, 0.6) is 0 Å². The van der Waals surface area contributed by atoms with Crippen LogP contribution in [0.2, 0.25) is 0 Å². The van der Waals surface area contributed by atoms with E-state index in [4.69, 9.17) is 9.73 Å². The minimum absolute atomic E-state index is 0. The Balaban J connectivity index is 0.00000320. The first-order valence-electron chi connectivity index (χ1n) is 11.4. The van der Waals surface area contributed by atoms with Crippen LogP contribution < -0.4 is 5.32 Å². The number of aryl methyl sites for hydroxylation is 1. The van der Waals surface area contributed by atoms with E-state index in [1.165, 1.54) is 31.2 Å². The third-order valence-corrected chi connectivity index (χ3v) is 6.27. The summed E-state index contributed by atoms with van der Waals surface area (Å²) in [6, 6.07) is 0.227. The molecular weight excluding hydrogens is 491 g/mol. The lowest BCUT2D eigenvalue weighted by atomic mass is 10.1. The first-order valence-corrected chi connectivity index (χ1v) is 11.4. The number of nitrogens with zero attached hydrogens (tertiary/aromatic N) is 5. The van der Waals surface area contributed by atoms with Crippen molar-refractivity contribution >= 4 is 29.9 Å². The third-order valence-electron chi connectivity index (χ3n) is 6.27. The fraction of sp³-hybridized carbons (Fsp3) is 0.818. The number of piperidine rings is 1. The van der Waals surface area contributed by atoms with Crippen LogP contribution in [0.1, 0.15) is 57.1 Å². The van der Waals surface area contributed by atoms with Gasteiger partial charge in [-0.2, -0.15) is 5.10 Å². The number of hydrogen-bond donors (Lipinski definition) is 1. The number of likely N-dealkylation sites (N-methyl/N-ethyl adjacent to an activating group) is 1. The molecule has 1 N–H and O–H groups in total. The van der Waals surface area contributed by atoms with Crippen molar-refractivity contribution in [1.29, 1.82) is 0 Å². The highest BCUT2D eigenvalue weighted by atomic mass is 127. The molecule has 0 bridgehead atoms. The normalized spacial score (nSPS) is 19.9. The fourth-order valence-electron chi connectivity index (χ4n) is 4.46. The predicted molar refractivity (Wildman–Crippen MR) is 134 cm³/mol. The molecule has 1 aromatic heterocycles. The molecule has 1 saturated carbocycles. The summed E-state index contributed by atoms with van der Waals surface area (Å²) < 4.78 is 8.10. The highest BCUT2D eigenvalue weighted by Gasteiger charge is 2.24. The van der Waals surface area contributed by atoms with E-state index >= 15 is 0 Å². The van der Waals surface area contributed by atoms with Gasteiger partial charge in [0.05, 0.1) is 24.9 Å². The van der Waals surface area contributed by atoms with E-state index in [0.29, 0.717) is 6.10 Å². The van der Waals surface area contributed by atoms with Crippen molar-refractivity contribution in [2.24, 2.45) is 18.0 Å². The number of halogens is 1. The summed E-state index contributed by atoms with van der Waals surface area (Å²) in [5.41, 5.74) is 1.20. The Hall–Kier alpha value is -0.870. The van der Waals surface area contributed by atoms with Gasteiger partial charge in [-0.05, 0) is 52.6 Å². The van der Waals surface area contributed by atoms with Crippen LogP contribution >= 0.6 is 24.0 Å². The number of ether oxygens (including phenoxy) is 1. The summed E-state index contributed by atoms with van der Waals surface area (Å²) in [7, 11) is 6.17. The lowest BCUT2D eigenvalue weighted by Gasteiger charge is -2.35. The van der Waals surface area contributed by atoms with Crippen molar-refractivity contribution in [3.05, 3.63) is 18.0 Å². The smallest absolute Gasteiger partial charge is 0.193 e. The Morgan fingerprint density at radius 3 is 2.53 bits per heavy atom. The molecule has 1 aliphatic heterocycles. The maximum absolute atomic E-state index is 6.24. The third kappa shape index (κ3) is 7.37. The molecule has 1 saturated heterocycles. The minimum atomic E-state index is 0. The summed E-state index contributed by atoms with van der Waals surface area (Å²) in [5.74, 6) is 1.83. The van der Waals surface area contributed by atoms with Crippen molar-refractivity contribution in [2.75, 3.05) is 46.9 Å². The van der Waals surface area contributed by atoms with E-state index in [0.717, 1.165) is 57.5 Å². The van der Waals surface area contributed by atoms with Crippen LogP contribution in [0, 0.1) is 5.92 Å². The van der Waals surface area contributed by atoms with Crippen LogP contribution in [-0.4, -0.2) is 78.5 Å². The molecule has 1 atom stereocenters. The molecule has 2 fully saturated rings.